The van der Waals surface area contributed by atoms with Gasteiger partial charge in [-0.05, 0) is 17.7 Å². The Morgan fingerprint density at radius 1 is 1.08 bits per heavy atom. The predicted octanol–water partition coefficient (Wildman–Crippen LogP) is 3.03. The Hall–Kier alpha value is -3.12. The van der Waals surface area contributed by atoms with Gasteiger partial charge >= 0.3 is 0 Å². The number of nitrogens with zero attached hydrogens (tertiary/aromatic N) is 1. The molecule has 6 heteroatoms. The van der Waals surface area contributed by atoms with Crippen molar-refractivity contribution in [1.82, 2.24) is 15.3 Å². The number of nitrogens with one attached hydrogen (secondary N) is 2. The first kappa shape index (κ1) is 17.7. The third-order valence-corrected chi connectivity index (χ3v) is 3.81. The van der Waals surface area contributed by atoms with Gasteiger partial charge in [0, 0.05) is 7.11 Å². The van der Waals surface area contributed by atoms with Crippen molar-refractivity contribution in [3.05, 3.63) is 72.2 Å². The van der Waals surface area contributed by atoms with Gasteiger partial charge < -0.3 is 19.8 Å². The van der Waals surface area contributed by atoms with Crippen molar-refractivity contribution in [2.45, 2.75) is 6.54 Å². The Labute approximate surface area is 152 Å². The molecule has 0 spiro atoms. The molecular formula is C20H21N3O3. The van der Waals surface area contributed by atoms with Crippen molar-refractivity contribution < 1.29 is 14.3 Å². The summed E-state index contributed by atoms with van der Waals surface area (Å²) >= 11 is 0. The van der Waals surface area contributed by atoms with E-state index in [0.29, 0.717) is 36.9 Å². The Balaban J connectivity index is 1.62. The van der Waals surface area contributed by atoms with Crippen molar-refractivity contribution in [3.8, 4) is 17.0 Å². The SMILES string of the molecule is COCCOc1ccccc1C(=O)NCc1ncc(-c2ccccc2)[nH]1. The number of aromatic nitrogens is 2. The highest BCUT2D eigenvalue weighted by Crippen LogP contribution is 2.18. The van der Waals surface area contributed by atoms with Gasteiger partial charge in [0.25, 0.3) is 5.91 Å². The van der Waals surface area contributed by atoms with Crippen LogP contribution in [0.5, 0.6) is 5.75 Å². The van der Waals surface area contributed by atoms with Crippen LogP contribution >= 0.6 is 0 Å². The molecule has 0 saturated heterocycles. The molecule has 0 unspecified atom stereocenters. The molecule has 0 radical (unpaired) electrons. The van der Waals surface area contributed by atoms with Crippen LogP contribution in [0.2, 0.25) is 0 Å². The fraction of sp³-hybridized carbons (Fsp3) is 0.200. The monoisotopic (exact) mass is 351 g/mol. The van der Waals surface area contributed by atoms with Crippen LogP contribution in [0.4, 0.5) is 0 Å². The van der Waals surface area contributed by atoms with Crippen LogP contribution in [0.15, 0.2) is 60.8 Å². The van der Waals surface area contributed by atoms with E-state index in [0.717, 1.165) is 11.3 Å². The van der Waals surface area contributed by atoms with Crippen LogP contribution in [-0.4, -0.2) is 36.2 Å². The lowest BCUT2D eigenvalue weighted by atomic mass is 10.2. The van der Waals surface area contributed by atoms with E-state index >= 15 is 0 Å². The van der Waals surface area contributed by atoms with Crippen LogP contribution in [0.3, 0.4) is 0 Å². The quantitative estimate of drug-likeness (QED) is 0.612. The molecule has 2 aromatic carbocycles. The third-order valence-electron chi connectivity index (χ3n) is 3.81. The summed E-state index contributed by atoms with van der Waals surface area (Å²) in [6.45, 7) is 1.15. The second-order valence-corrected chi connectivity index (χ2v) is 5.63. The number of amides is 1. The number of ether oxygens (including phenoxy) is 2. The van der Waals surface area contributed by atoms with E-state index in [-0.39, 0.29) is 5.91 Å². The minimum atomic E-state index is -0.212. The summed E-state index contributed by atoms with van der Waals surface area (Å²) < 4.78 is 10.6. The molecule has 26 heavy (non-hydrogen) atoms. The Morgan fingerprint density at radius 3 is 2.65 bits per heavy atom. The molecule has 3 rings (SSSR count). The Morgan fingerprint density at radius 2 is 1.85 bits per heavy atom. The lowest BCUT2D eigenvalue weighted by molar-refractivity contribution is 0.0942. The van der Waals surface area contributed by atoms with Gasteiger partial charge in [0.05, 0.1) is 30.6 Å². The molecule has 1 amide bonds. The molecule has 134 valence electrons. The maximum absolute atomic E-state index is 12.5. The normalized spacial score (nSPS) is 10.5. The average molecular weight is 351 g/mol. The summed E-state index contributed by atoms with van der Waals surface area (Å²) in [5.74, 6) is 1.01. The average Bonchev–Trinajstić information content (AvgIpc) is 3.16. The summed E-state index contributed by atoms with van der Waals surface area (Å²) in [6, 6.07) is 17.0. The molecule has 0 saturated carbocycles. The van der Waals surface area contributed by atoms with Gasteiger partial charge in [0.2, 0.25) is 0 Å². The fourth-order valence-electron chi connectivity index (χ4n) is 2.49. The van der Waals surface area contributed by atoms with Crippen LogP contribution in [0.25, 0.3) is 11.3 Å². The van der Waals surface area contributed by atoms with Gasteiger partial charge in [0.15, 0.2) is 0 Å². The summed E-state index contributed by atoms with van der Waals surface area (Å²) in [5.41, 5.74) is 2.45. The van der Waals surface area contributed by atoms with E-state index < -0.39 is 0 Å². The molecule has 3 aromatic rings. The van der Waals surface area contributed by atoms with E-state index in [9.17, 15) is 4.79 Å². The molecule has 1 heterocycles. The topological polar surface area (TPSA) is 76.2 Å². The standard InChI is InChI=1S/C20H21N3O3/c1-25-11-12-26-18-10-6-5-9-16(18)20(24)22-14-19-21-13-17(23-19)15-7-3-2-4-8-15/h2-10,13H,11-12,14H2,1H3,(H,21,23)(H,22,24). The minimum absolute atomic E-state index is 0.212. The zero-order valence-corrected chi connectivity index (χ0v) is 14.6. The molecule has 0 aliphatic carbocycles. The lowest BCUT2D eigenvalue weighted by Gasteiger charge is -2.11. The van der Waals surface area contributed by atoms with Gasteiger partial charge in [-0.2, -0.15) is 0 Å². The molecular weight excluding hydrogens is 330 g/mol. The first-order chi connectivity index (χ1) is 12.8. The van der Waals surface area contributed by atoms with Gasteiger partial charge in [-0.1, -0.05) is 42.5 Å². The van der Waals surface area contributed by atoms with Crippen molar-refractivity contribution in [2.75, 3.05) is 20.3 Å². The first-order valence-corrected chi connectivity index (χ1v) is 8.36. The predicted molar refractivity (Wildman–Crippen MR) is 99.0 cm³/mol. The van der Waals surface area contributed by atoms with E-state index in [1.54, 1.807) is 31.5 Å². The highest BCUT2D eigenvalue weighted by Gasteiger charge is 2.12. The molecule has 0 atom stereocenters. The zero-order valence-electron chi connectivity index (χ0n) is 14.6. The van der Waals surface area contributed by atoms with Crippen LogP contribution in [-0.2, 0) is 11.3 Å². The summed E-state index contributed by atoms with van der Waals surface area (Å²) in [5, 5.41) is 2.87. The lowest BCUT2D eigenvalue weighted by Crippen LogP contribution is -2.24. The van der Waals surface area contributed by atoms with E-state index in [1.807, 2.05) is 36.4 Å². The second-order valence-electron chi connectivity index (χ2n) is 5.63. The number of para-hydroxylation sites is 1. The smallest absolute Gasteiger partial charge is 0.255 e. The third kappa shape index (κ3) is 4.49. The number of methoxy groups -OCH3 is 1. The van der Waals surface area contributed by atoms with Crippen LogP contribution < -0.4 is 10.1 Å². The fourth-order valence-corrected chi connectivity index (χ4v) is 2.49. The number of carbonyl (C=O) groups is 1. The summed E-state index contributed by atoms with van der Waals surface area (Å²) in [6.07, 6.45) is 1.76. The summed E-state index contributed by atoms with van der Waals surface area (Å²) in [4.78, 5) is 20.0. The van der Waals surface area contributed by atoms with Gasteiger partial charge in [-0.25, -0.2) is 4.98 Å². The highest BCUT2D eigenvalue weighted by molar-refractivity contribution is 5.96. The van der Waals surface area contributed by atoms with Gasteiger partial charge in [0.1, 0.15) is 18.2 Å². The van der Waals surface area contributed by atoms with E-state index in [1.165, 1.54) is 0 Å². The molecule has 0 aliphatic rings. The number of hydrogen-bond acceptors (Lipinski definition) is 4. The molecule has 2 N–H and O–H groups in total. The Kier molecular flexibility index (Phi) is 6.01. The van der Waals surface area contributed by atoms with E-state index in [2.05, 4.69) is 15.3 Å². The highest BCUT2D eigenvalue weighted by atomic mass is 16.5. The maximum Gasteiger partial charge on any atom is 0.255 e. The molecule has 0 fully saturated rings. The van der Waals surface area contributed by atoms with E-state index in [4.69, 9.17) is 9.47 Å². The molecule has 6 nitrogen and oxygen atoms in total. The van der Waals surface area contributed by atoms with Crippen molar-refractivity contribution in [1.29, 1.82) is 0 Å². The molecule has 0 aliphatic heterocycles. The second kappa shape index (κ2) is 8.82. The molecule has 0 bridgehead atoms. The zero-order chi connectivity index (χ0) is 18.2. The van der Waals surface area contributed by atoms with Gasteiger partial charge in [-0.3, -0.25) is 4.79 Å². The number of aromatic amines is 1. The first-order valence-electron chi connectivity index (χ1n) is 8.36. The number of rotatable bonds is 8. The van der Waals surface area contributed by atoms with Gasteiger partial charge in [-0.15, -0.1) is 0 Å². The number of carbonyl (C=O) groups excluding carboxylic acids is 1. The largest absolute Gasteiger partial charge is 0.490 e. The Bertz CT molecular complexity index is 846. The number of benzene rings is 2. The van der Waals surface area contributed by atoms with Crippen LogP contribution in [0, 0.1) is 0 Å². The molecule has 1 aromatic heterocycles. The van der Waals surface area contributed by atoms with Crippen LogP contribution in [0.1, 0.15) is 16.2 Å². The minimum Gasteiger partial charge on any atom is -0.490 e. The summed E-state index contributed by atoms with van der Waals surface area (Å²) in [7, 11) is 1.61. The number of imidazole rings is 1. The van der Waals surface area contributed by atoms with Crippen molar-refractivity contribution in [3.63, 3.8) is 0 Å². The van der Waals surface area contributed by atoms with Crippen molar-refractivity contribution in [2.24, 2.45) is 0 Å². The van der Waals surface area contributed by atoms with Crippen molar-refractivity contribution >= 4 is 5.91 Å². The number of hydrogen-bond donors (Lipinski definition) is 2. The maximum atomic E-state index is 12.5. The number of H-pyrrole nitrogens is 1.